The summed E-state index contributed by atoms with van der Waals surface area (Å²) in [4.78, 5) is 2.11. The van der Waals surface area contributed by atoms with Crippen molar-refractivity contribution in [3.8, 4) is 0 Å². The number of benzene rings is 1. The van der Waals surface area contributed by atoms with E-state index in [1.807, 2.05) is 26.4 Å². The van der Waals surface area contributed by atoms with Crippen molar-refractivity contribution in [3.63, 3.8) is 0 Å². The van der Waals surface area contributed by atoms with E-state index in [1.165, 1.54) is 5.56 Å². The second kappa shape index (κ2) is 5.58. The second-order valence-electron chi connectivity index (χ2n) is 4.59. The van der Waals surface area contributed by atoms with Crippen LogP contribution in [0.15, 0.2) is 36.5 Å². The summed E-state index contributed by atoms with van der Waals surface area (Å²) in [5.41, 5.74) is 8.01. The molecule has 1 heterocycles. The summed E-state index contributed by atoms with van der Waals surface area (Å²) in [6.07, 6.45) is 4.01. The summed E-state index contributed by atoms with van der Waals surface area (Å²) in [5, 5.41) is 4.35. The zero-order chi connectivity index (χ0) is 13.0. The lowest BCUT2D eigenvalue weighted by molar-refractivity contribution is 0.734. The molecule has 0 spiro atoms. The molecule has 2 rings (SSSR count). The van der Waals surface area contributed by atoms with Gasteiger partial charge in [0.25, 0.3) is 0 Å². The molecule has 0 unspecified atom stereocenters. The molecule has 2 aromatic rings. The number of anilines is 2. The highest BCUT2D eigenvalue weighted by Gasteiger charge is 2.08. The predicted octanol–water partition coefficient (Wildman–Crippen LogP) is 2.07. The normalized spacial score (nSPS) is 10.6. The monoisotopic (exact) mass is 244 g/mol. The lowest BCUT2D eigenvalue weighted by Crippen LogP contribution is -2.20. The first-order valence-corrected chi connectivity index (χ1v) is 6.21. The minimum Gasteiger partial charge on any atom is -0.394 e. The van der Waals surface area contributed by atoms with E-state index in [0.29, 0.717) is 0 Å². The van der Waals surface area contributed by atoms with Crippen molar-refractivity contribution >= 4 is 11.5 Å². The maximum atomic E-state index is 5.90. The Morgan fingerprint density at radius 3 is 2.61 bits per heavy atom. The fourth-order valence-electron chi connectivity index (χ4n) is 2.06. The van der Waals surface area contributed by atoms with Gasteiger partial charge in [-0.25, -0.2) is 0 Å². The third kappa shape index (κ3) is 3.03. The Labute approximate surface area is 108 Å². The van der Waals surface area contributed by atoms with E-state index in [4.69, 9.17) is 5.73 Å². The Kier molecular flexibility index (Phi) is 3.87. The molecule has 18 heavy (non-hydrogen) atoms. The molecule has 0 radical (unpaired) electrons. The minimum absolute atomic E-state index is 0.736. The number of aryl methyl sites for hydroxylation is 2. The van der Waals surface area contributed by atoms with Crippen LogP contribution in [-0.4, -0.2) is 23.4 Å². The standard InChI is InChI=1S/C14H20N4/c1-17(14-13(15)11-18(2)16-14)10-6-9-12-7-4-3-5-8-12/h3-5,7-8,11H,6,9-10,15H2,1-2H3. The average molecular weight is 244 g/mol. The van der Waals surface area contributed by atoms with Crippen LogP contribution in [0.1, 0.15) is 12.0 Å². The summed E-state index contributed by atoms with van der Waals surface area (Å²) in [6, 6.07) is 10.5. The number of nitrogens with zero attached hydrogens (tertiary/aromatic N) is 3. The number of hydrogen-bond acceptors (Lipinski definition) is 3. The highest BCUT2D eigenvalue weighted by Crippen LogP contribution is 2.18. The van der Waals surface area contributed by atoms with Crippen LogP contribution >= 0.6 is 0 Å². The van der Waals surface area contributed by atoms with Crippen LogP contribution in [0.4, 0.5) is 11.5 Å². The number of aromatic nitrogens is 2. The molecule has 4 nitrogen and oxygen atoms in total. The second-order valence-corrected chi connectivity index (χ2v) is 4.59. The predicted molar refractivity (Wildman–Crippen MR) is 75.7 cm³/mol. The van der Waals surface area contributed by atoms with Gasteiger partial charge in [-0.2, -0.15) is 5.10 Å². The molecule has 2 N–H and O–H groups in total. The van der Waals surface area contributed by atoms with Crippen LogP contribution in [0.3, 0.4) is 0 Å². The summed E-state index contributed by atoms with van der Waals surface area (Å²) < 4.78 is 1.75. The van der Waals surface area contributed by atoms with Gasteiger partial charge in [0.15, 0.2) is 5.82 Å². The van der Waals surface area contributed by atoms with E-state index in [1.54, 1.807) is 4.68 Å². The zero-order valence-electron chi connectivity index (χ0n) is 11.0. The van der Waals surface area contributed by atoms with Crippen molar-refractivity contribution in [2.75, 3.05) is 24.2 Å². The van der Waals surface area contributed by atoms with Crippen molar-refractivity contribution in [2.45, 2.75) is 12.8 Å². The molecule has 0 bridgehead atoms. The van der Waals surface area contributed by atoms with Gasteiger partial charge in [-0.05, 0) is 18.4 Å². The summed E-state index contributed by atoms with van der Waals surface area (Å²) in [5.74, 6) is 0.866. The van der Waals surface area contributed by atoms with Crippen molar-refractivity contribution in [2.24, 2.45) is 7.05 Å². The Hall–Kier alpha value is -1.97. The maximum Gasteiger partial charge on any atom is 0.173 e. The molecule has 0 fully saturated rings. The van der Waals surface area contributed by atoms with Gasteiger partial charge in [-0.1, -0.05) is 30.3 Å². The first kappa shape index (κ1) is 12.5. The fourth-order valence-corrected chi connectivity index (χ4v) is 2.06. The SMILES string of the molecule is CN(CCCc1ccccc1)c1nn(C)cc1N. The Morgan fingerprint density at radius 1 is 1.28 bits per heavy atom. The van der Waals surface area contributed by atoms with E-state index in [0.717, 1.165) is 30.9 Å². The van der Waals surface area contributed by atoms with Crippen LogP contribution in [0.25, 0.3) is 0 Å². The number of hydrogen-bond donors (Lipinski definition) is 1. The number of nitrogens with two attached hydrogens (primary N) is 1. The van der Waals surface area contributed by atoms with Gasteiger partial charge in [0, 0.05) is 26.8 Å². The van der Waals surface area contributed by atoms with E-state index in [-0.39, 0.29) is 0 Å². The molecule has 4 heteroatoms. The third-order valence-electron chi connectivity index (χ3n) is 3.00. The average Bonchev–Trinajstić information content (AvgIpc) is 2.70. The van der Waals surface area contributed by atoms with Crippen LogP contribution in [0.5, 0.6) is 0 Å². The fraction of sp³-hybridized carbons (Fsp3) is 0.357. The lowest BCUT2D eigenvalue weighted by Gasteiger charge is -2.16. The molecule has 0 aliphatic rings. The molecule has 0 amide bonds. The van der Waals surface area contributed by atoms with Crippen LogP contribution in [-0.2, 0) is 13.5 Å². The van der Waals surface area contributed by atoms with Gasteiger partial charge < -0.3 is 10.6 Å². The highest BCUT2D eigenvalue weighted by atomic mass is 15.3. The van der Waals surface area contributed by atoms with Gasteiger partial charge in [0.2, 0.25) is 0 Å². The molecule has 1 aromatic heterocycles. The molecule has 96 valence electrons. The summed E-state index contributed by atoms with van der Waals surface area (Å²) in [6.45, 7) is 0.954. The van der Waals surface area contributed by atoms with E-state index < -0.39 is 0 Å². The summed E-state index contributed by atoms with van der Waals surface area (Å²) in [7, 11) is 3.92. The molecular weight excluding hydrogens is 224 g/mol. The first-order valence-electron chi connectivity index (χ1n) is 6.21. The summed E-state index contributed by atoms with van der Waals surface area (Å²) >= 11 is 0. The molecule has 0 atom stereocenters. The highest BCUT2D eigenvalue weighted by molar-refractivity contribution is 5.61. The maximum absolute atomic E-state index is 5.90. The van der Waals surface area contributed by atoms with Gasteiger partial charge in [0.1, 0.15) is 0 Å². The quantitative estimate of drug-likeness (QED) is 0.876. The zero-order valence-corrected chi connectivity index (χ0v) is 11.0. The largest absolute Gasteiger partial charge is 0.394 e. The van der Waals surface area contributed by atoms with E-state index in [9.17, 15) is 0 Å². The topological polar surface area (TPSA) is 47.1 Å². The molecular formula is C14H20N4. The van der Waals surface area contributed by atoms with Crippen LogP contribution < -0.4 is 10.6 Å². The van der Waals surface area contributed by atoms with Crippen LogP contribution in [0.2, 0.25) is 0 Å². The Bertz CT molecular complexity index is 490. The van der Waals surface area contributed by atoms with Crippen molar-refractivity contribution in [3.05, 3.63) is 42.1 Å². The molecule has 0 saturated heterocycles. The third-order valence-corrected chi connectivity index (χ3v) is 3.00. The minimum atomic E-state index is 0.736. The van der Waals surface area contributed by atoms with Crippen molar-refractivity contribution in [1.29, 1.82) is 0 Å². The molecule has 1 aromatic carbocycles. The molecule has 0 saturated carbocycles. The van der Waals surface area contributed by atoms with Crippen LogP contribution in [0, 0.1) is 0 Å². The van der Waals surface area contributed by atoms with Gasteiger partial charge in [0.05, 0.1) is 5.69 Å². The number of nitrogen functional groups attached to an aromatic ring is 1. The smallest absolute Gasteiger partial charge is 0.173 e. The van der Waals surface area contributed by atoms with Gasteiger partial charge >= 0.3 is 0 Å². The van der Waals surface area contributed by atoms with Crippen molar-refractivity contribution < 1.29 is 0 Å². The molecule has 0 aliphatic carbocycles. The van der Waals surface area contributed by atoms with Gasteiger partial charge in [-0.15, -0.1) is 0 Å². The number of rotatable bonds is 5. The Balaban J connectivity index is 1.85. The van der Waals surface area contributed by atoms with E-state index in [2.05, 4.69) is 34.3 Å². The Morgan fingerprint density at radius 2 is 2.00 bits per heavy atom. The van der Waals surface area contributed by atoms with Crippen molar-refractivity contribution in [1.82, 2.24) is 9.78 Å². The lowest BCUT2D eigenvalue weighted by atomic mass is 10.1. The van der Waals surface area contributed by atoms with Gasteiger partial charge in [-0.3, -0.25) is 4.68 Å². The first-order chi connectivity index (χ1) is 8.66. The van der Waals surface area contributed by atoms with E-state index >= 15 is 0 Å². The molecule has 0 aliphatic heterocycles.